The highest BCUT2D eigenvalue weighted by molar-refractivity contribution is 5.36. The van der Waals surface area contributed by atoms with E-state index in [0.717, 1.165) is 19.0 Å². The largest absolute Gasteiger partial charge is 0.368 e. The van der Waals surface area contributed by atoms with Gasteiger partial charge in [0.2, 0.25) is 17.5 Å². The fourth-order valence-electron chi connectivity index (χ4n) is 1.30. The molecule has 1 aromatic rings. The van der Waals surface area contributed by atoms with Gasteiger partial charge in [0.1, 0.15) is 0 Å². The van der Waals surface area contributed by atoms with Crippen molar-refractivity contribution in [1.29, 1.82) is 5.41 Å². The number of aromatic nitrogens is 3. The summed E-state index contributed by atoms with van der Waals surface area (Å²) >= 11 is 0. The lowest BCUT2D eigenvalue weighted by atomic mass is 10.6. The van der Waals surface area contributed by atoms with E-state index in [0.29, 0.717) is 0 Å². The Labute approximate surface area is 69.2 Å². The average molecular weight is 166 g/mol. The van der Waals surface area contributed by atoms with Gasteiger partial charge < -0.3 is 10.6 Å². The maximum Gasteiger partial charge on any atom is 0.228 e. The van der Waals surface area contributed by atoms with E-state index >= 15 is 0 Å². The Morgan fingerprint density at radius 2 is 2.17 bits per heavy atom. The molecule has 0 atom stereocenters. The quantitative estimate of drug-likeness (QED) is 0.506. The van der Waals surface area contributed by atoms with Crippen molar-refractivity contribution in [2.24, 2.45) is 0 Å². The summed E-state index contributed by atoms with van der Waals surface area (Å²) in [6.45, 7) is 1.63. The van der Waals surface area contributed by atoms with Crippen molar-refractivity contribution in [3.05, 3.63) is 5.62 Å². The number of rotatable bonds is 0. The van der Waals surface area contributed by atoms with Gasteiger partial charge in [-0.3, -0.25) is 9.98 Å². The molecule has 0 spiro atoms. The van der Waals surface area contributed by atoms with Crippen LogP contribution in [0, 0.1) is 5.41 Å². The molecular formula is C6H10N6. The zero-order chi connectivity index (χ0) is 8.72. The summed E-state index contributed by atoms with van der Waals surface area (Å²) < 4.78 is 1.73. The predicted octanol–water partition coefficient (Wildman–Crippen LogP) is -1.21. The fraction of sp³-hybridized carbons (Fsp3) is 0.500. The molecule has 0 amide bonds. The Bertz CT molecular complexity index is 367. The van der Waals surface area contributed by atoms with Gasteiger partial charge in [-0.05, 0) is 0 Å². The molecule has 1 aliphatic heterocycles. The van der Waals surface area contributed by atoms with Crippen molar-refractivity contribution in [1.82, 2.24) is 14.5 Å². The lowest BCUT2D eigenvalue weighted by Gasteiger charge is -2.08. The van der Waals surface area contributed by atoms with Gasteiger partial charge >= 0.3 is 0 Å². The molecule has 0 fully saturated rings. The Morgan fingerprint density at radius 3 is 2.92 bits per heavy atom. The van der Waals surface area contributed by atoms with E-state index in [2.05, 4.69) is 9.97 Å². The summed E-state index contributed by atoms with van der Waals surface area (Å²) in [4.78, 5) is 9.73. The van der Waals surface area contributed by atoms with Crippen LogP contribution in [0.2, 0.25) is 0 Å². The van der Waals surface area contributed by atoms with E-state index in [1.165, 1.54) is 0 Å². The molecule has 6 nitrogen and oxygen atoms in total. The Morgan fingerprint density at radius 1 is 1.42 bits per heavy atom. The van der Waals surface area contributed by atoms with E-state index in [-0.39, 0.29) is 11.6 Å². The molecule has 1 aliphatic rings. The van der Waals surface area contributed by atoms with Crippen LogP contribution < -0.4 is 16.3 Å². The number of nitrogens with zero attached hydrogens (tertiary/aromatic N) is 4. The minimum Gasteiger partial charge on any atom is -0.368 e. The Hall–Kier alpha value is -1.59. The molecule has 3 N–H and O–H groups in total. The van der Waals surface area contributed by atoms with Crippen molar-refractivity contribution >= 4 is 11.9 Å². The molecule has 2 heterocycles. The van der Waals surface area contributed by atoms with Crippen molar-refractivity contribution in [2.45, 2.75) is 6.54 Å². The smallest absolute Gasteiger partial charge is 0.228 e. The number of nitrogen functional groups attached to an aromatic ring is 1. The molecule has 1 aromatic heterocycles. The van der Waals surface area contributed by atoms with Crippen molar-refractivity contribution < 1.29 is 0 Å². The minimum absolute atomic E-state index is 0.167. The number of fused-ring (bicyclic) bond motifs is 1. The summed E-state index contributed by atoms with van der Waals surface area (Å²) in [7, 11) is 1.92. The Kier molecular flexibility index (Phi) is 1.30. The van der Waals surface area contributed by atoms with Gasteiger partial charge in [-0.25, -0.2) is 0 Å². The van der Waals surface area contributed by atoms with Crippen molar-refractivity contribution in [3.8, 4) is 0 Å². The molecule has 0 bridgehead atoms. The lowest BCUT2D eigenvalue weighted by Crippen LogP contribution is -2.24. The first kappa shape index (κ1) is 7.08. The second kappa shape index (κ2) is 2.20. The molecule has 0 aliphatic carbocycles. The van der Waals surface area contributed by atoms with Crippen LogP contribution in [0.1, 0.15) is 0 Å². The minimum atomic E-state index is 0.167. The van der Waals surface area contributed by atoms with Crippen LogP contribution in [-0.4, -0.2) is 28.1 Å². The van der Waals surface area contributed by atoms with Crippen LogP contribution >= 0.6 is 0 Å². The van der Waals surface area contributed by atoms with Crippen LogP contribution in [0.3, 0.4) is 0 Å². The highest BCUT2D eigenvalue weighted by atomic mass is 15.4. The number of nitrogens with two attached hydrogens (primary N) is 1. The van der Waals surface area contributed by atoms with Crippen molar-refractivity contribution in [3.63, 3.8) is 0 Å². The zero-order valence-electron chi connectivity index (χ0n) is 6.78. The predicted molar refractivity (Wildman–Crippen MR) is 43.6 cm³/mol. The van der Waals surface area contributed by atoms with Crippen LogP contribution in [0.15, 0.2) is 0 Å². The van der Waals surface area contributed by atoms with E-state index in [1.807, 2.05) is 11.9 Å². The third kappa shape index (κ3) is 0.843. The van der Waals surface area contributed by atoms with Crippen LogP contribution in [-0.2, 0) is 6.54 Å². The van der Waals surface area contributed by atoms with Crippen molar-refractivity contribution in [2.75, 3.05) is 24.2 Å². The lowest BCUT2D eigenvalue weighted by molar-refractivity contribution is 0.696. The molecule has 0 saturated heterocycles. The topological polar surface area (TPSA) is 83.8 Å². The molecule has 2 rings (SSSR count). The summed E-state index contributed by atoms with van der Waals surface area (Å²) in [5.41, 5.74) is 5.59. The maximum absolute atomic E-state index is 7.49. The number of hydrogen-bond acceptors (Lipinski definition) is 5. The number of likely N-dealkylation sites (N-methyl/N-ethyl adjacent to an activating group) is 1. The molecule has 0 radical (unpaired) electrons. The molecule has 0 aromatic carbocycles. The standard InChI is InChI=1S/C6H10N6/c1-11-2-3-12-5(8)9-4(7)10-6(11)12/h2-3H2,1H3,(H3,7,8,9). The number of nitrogens with one attached hydrogen (secondary N) is 1. The molecule has 0 saturated carbocycles. The monoisotopic (exact) mass is 166 g/mol. The van der Waals surface area contributed by atoms with Gasteiger partial charge in [0.05, 0.1) is 0 Å². The third-order valence-corrected chi connectivity index (χ3v) is 1.93. The average Bonchev–Trinajstić information content (AvgIpc) is 2.33. The van der Waals surface area contributed by atoms with Crippen LogP contribution in [0.5, 0.6) is 0 Å². The van der Waals surface area contributed by atoms with E-state index < -0.39 is 0 Å². The van der Waals surface area contributed by atoms with Gasteiger partial charge in [0, 0.05) is 20.1 Å². The van der Waals surface area contributed by atoms with Gasteiger partial charge in [-0.2, -0.15) is 9.97 Å². The van der Waals surface area contributed by atoms with Gasteiger partial charge in [-0.15, -0.1) is 0 Å². The molecule has 0 unspecified atom stereocenters. The van der Waals surface area contributed by atoms with E-state index in [9.17, 15) is 0 Å². The first-order chi connectivity index (χ1) is 5.68. The first-order valence-corrected chi connectivity index (χ1v) is 3.68. The van der Waals surface area contributed by atoms with Crippen LogP contribution in [0.25, 0.3) is 0 Å². The summed E-state index contributed by atoms with van der Waals surface area (Å²) in [5.74, 6) is 0.896. The molecule has 12 heavy (non-hydrogen) atoms. The summed E-state index contributed by atoms with van der Waals surface area (Å²) in [6.07, 6.45) is 0. The van der Waals surface area contributed by atoms with E-state index in [4.69, 9.17) is 11.1 Å². The maximum atomic E-state index is 7.49. The summed E-state index contributed by atoms with van der Waals surface area (Å²) in [5, 5.41) is 7.49. The first-order valence-electron chi connectivity index (χ1n) is 3.68. The normalized spacial score (nSPS) is 14.9. The third-order valence-electron chi connectivity index (χ3n) is 1.93. The van der Waals surface area contributed by atoms with E-state index in [1.54, 1.807) is 4.57 Å². The molecule has 6 heteroatoms. The highest BCUT2D eigenvalue weighted by Gasteiger charge is 2.17. The van der Waals surface area contributed by atoms with Gasteiger partial charge in [0.25, 0.3) is 0 Å². The second-order valence-electron chi connectivity index (χ2n) is 2.78. The molecule has 64 valence electrons. The van der Waals surface area contributed by atoms with Gasteiger partial charge in [0.15, 0.2) is 0 Å². The Balaban J connectivity index is 2.68. The van der Waals surface area contributed by atoms with Gasteiger partial charge in [-0.1, -0.05) is 0 Å². The second-order valence-corrected chi connectivity index (χ2v) is 2.78. The highest BCUT2D eigenvalue weighted by Crippen LogP contribution is 2.12. The SMILES string of the molecule is CN1CCn2c1nc(N)nc2=N. The summed E-state index contributed by atoms with van der Waals surface area (Å²) in [6, 6.07) is 0. The van der Waals surface area contributed by atoms with Crippen LogP contribution in [0.4, 0.5) is 11.9 Å². The number of anilines is 2. The zero-order valence-corrected chi connectivity index (χ0v) is 6.78. The fourth-order valence-corrected chi connectivity index (χ4v) is 1.30. The number of hydrogen-bond donors (Lipinski definition) is 2. The molecular weight excluding hydrogens is 156 g/mol.